The Bertz CT molecular complexity index is 1530. The maximum absolute atomic E-state index is 13.4. The van der Waals surface area contributed by atoms with Crippen LogP contribution in [-0.2, 0) is 11.8 Å². The topological polar surface area (TPSA) is 99.0 Å². The molecule has 0 saturated heterocycles. The van der Waals surface area contributed by atoms with Crippen molar-refractivity contribution in [3.63, 3.8) is 0 Å². The summed E-state index contributed by atoms with van der Waals surface area (Å²) in [4.78, 5) is 39.1. The lowest BCUT2D eigenvalue weighted by Gasteiger charge is -2.20. The average Bonchev–Trinajstić information content (AvgIpc) is 2.82. The molecule has 0 radical (unpaired) electrons. The largest absolute Gasteiger partial charge is 0.464 e. The summed E-state index contributed by atoms with van der Waals surface area (Å²) in [6.45, 7) is 7.76. The number of carbonyl (C=O) groups excluding carboxylic acids is 1. The van der Waals surface area contributed by atoms with Crippen molar-refractivity contribution in [2.75, 3.05) is 12.4 Å². The summed E-state index contributed by atoms with van der Waals surface area (Å²) in [5.41, 5.74) is 5.37. The number of esters is 1. The van der Waals surface area contributed by atoms with Crippen LogP contribution in [0.1, 0.15) is 45.8 Å². The molecule has 1 N–H and O–H groups in total. The van der Waals surface area contributed by atoms with E-state index in [2.05, 4.69) is 15.3 Å². The summed E-state index contributed by atoms with van der Waals surface area (Å²) >= 11 is 6.00. The van der Waals surface area contributed by atoms with Crippen molar-refractivity contribution >= 4 is 34.2 Å². The second-order valence-corrected chi connectivity index (χ2v) is 8.97. The van der Waals surface area contributed by atoms with Gasteiger partial charge in [-0.15, -0.1) is 0 Å². The molecule has 9 heteroatoms. The molecule has 0 spiro atoms. The van der Waals surface area contributed by atoms with Gasteiger partial charge in [-0.25, -0.2) is 14.8 Å². The van der Waals surface area contributed by atoms with Gasteiger partial charge in [-0.1, -0.05) is 17.7 Å². The van der Waals surface area contributed by atoms with Gasteiger partial charge >= 0.3 is 5.97 Å². The molecule has 0 fully saturated rings. The fourth-order valence-corrected chi connectivity index (χ4v) is 4.32. The number of aryl methyl sites for hydroxylation is 3. The number of pyridine rings is 2. The van der Waals surface area contributed by atoms with Crippen LogP contribution in [0.25, 0.3) is 22.3 Å². The van der Waals surface area contributed by atoms with E-state index in [0.29, 0.717) is 22.4 Å². The van der Waals surface area contributed by atoms with E-state index >= 15 is 0 Å². The normalized spacial score (nSPS) is 12.0. The summed E-state index contributed by atoms with van der Waals surface area (Å²) in [6, 6.07) is 8.74. The SMILES string of the molecule is COC(=O)c1nc(Cl)ccc1N[C@H](C)c1cc(C)cc2c(=O)n(C)c(-c3cnc(C)cc3C)nc12. The smallest absolute Gasteiger partial charge is 0.358 e. The average molecular weight is 492 g/mol. The molecule has 4 rings (SSSR count). The first-order valence-electron chi connectivity index (χ1n) is 11.1. The highest BCUT2D eigenvalue weighted by atomic mass is 35.5. The zero-order chi connectivity index (χ0) is 25.4. The Balaban J connectivity index is 1.89. The van der Waals surface area contributed by atoms with Gasteiger partial charge in [0, 0.05) is 30.1 Å². The van der Waals surface area contributed by atoms with Gasteiger partial charge in [-0.2, -0.15) is 0 Å². The summed E-state index contributed by atoms with van der Waals surface area (Å²) < 4.78 is 6.42. The number of rotatable bonds is 5. The standard InChI is InChI=1S/C26H26ClN5O3/c1-13-9-17(16(4)29-20-7-8-21(27)30-23(20)26(34)35-6)22-18(10-13)25(33)32(5)24(31-22)19-12-28-15(3)11-14(19)2/h7-12,16,29H,1-6H3/t16-/m1/s1. The molecule has 35 heavy (non-hydrogen) atoms. The van der Waals surface area contributed by atoms with Gasteiger partial charge in [-0.3, -0.25) is 14.3 Å². The predicted octanol–water partition coefficient (Wildman–Crippen LogP) is 4.93. The van der Waals surface area contributed by atoms with Crippen molar-refractivity contribution in [1.82, 2.24) is 19.5 Å². The van der Waals surface area contributed by atoms with E-state index in [0.717, 1.165) is 27.9 Å². The number of ether oxygens (including phenoxy) is 1. The van der Waals surface area contributed by atoms with Gasteiger partial charge < -0.3 is 10.1 Å². The Kier molecular flexibility index (Phi) is 6.58. The van der Waals surface area contributed by atoms with Crippen LogP contribution >= 0.6 is 11.6 Å². The highest BCUT2D eigenvalue weighted by Crippen LogP contribution is 2.30. The van der Waals surface area contributed by atoms with E-state index in [9.17, 15) is 9.59 Å². The summed E-state index contributed by atoms with van der Waals surface area (Å²) in [6.07, 6.45) is 1.75. The second-order valence-electron chi connectivity index (χ2n) is 8.58. The summed E-state index contributed by atoms with van der Waals surface area (Å²) in [5.74, 6) is -0.0684. The monoisotopic (exact) mass is 491 g/mol. The number of hydrogen-bond acceptors (Lipinski definition) is 7. The molecule has 0 bridgehead atoms. The summed E-state index contributed by atoms with van der Waals surface area (Å²) in [5, 5.41) is 4.01. The molecule has 8 nitrogen and oxygen atoms in total. The zero-order valence-electron chi connectivity index (χ0n) is 20.4. The highest BCUT2D eigenvalue weighted by Gasteiger charge is 2.21. The molecule has 0 aliphatic rings. The van der Waals surface area contributed by atoms with E-state index in [1.54, 1.807) is 29.9 Å². The number of halogens is 1. The molecule has 180 valence electrons. The van der Waals surface area contributed by atoms with E-state index in [4.69, 9.17) is 21.3 Å². The highest BCUT2D eigenvalue weighted by molar-refractivity contribution is 6.29. The lowest BCUT2D eigenvalue weighted by Crippen LogP contribution is -2.22. The first kappa shape index (κ1) is 24.3. The van der Waals surface area contributed by atoms with Gasteiger partial charge in [0.25, 0.3) is 5.56 Å². The van der Waals surface area contributed by atoms with Crippen LogP contribution in [0.15, 0.2) is 41.3 Å². The zero-order valence-corrected chi connectivity index (χ0v) is 21.2. The summed E-state index contributed by atoms with van der Waals surface area (Å²) in [7, 11) is 3.00. The van der Waals surface area contributed by atoms with Crippen molar-refractivity contribution < 1.29 is 9.53 Å². The van der Waals surface area contributed by atoms with E-state index in [-0.39, 0.29) is 22.4 Å². The molecule has 3 heterocycles. The number of nitrogens with one attached hydrogen (secondary N) is 1. The molecule has 1 atom stereocenters. The molecule has 0 saturated carbocycles. The van der Waals surface area contributed by atoms with E-state index in [1.165, 1.54) is 7.11 Å². The molecule has 4 aromatic rings. The van der Waals surface area contributed by atoms with Crippen LogP contribution in [0.3, 0.4) is 0 Å². The maximum atomic E-state index is 13.4. The number of carbonyl (C=O) groups is 1. The lowest BCUT2D eigenvalue weighted by molar-refractivity contribution is 0.0595. The van der Waals surface area contributed by atoms with Gasteiger partial charge in [0.2, 0.25) is 0 Å². The van der Waals surface area contributed by atoms with Crippen LogP contribution in [0, 0.1) is 20.8 Å². The maximum Gasteiger partial charge on any atom is 0.358 e. The Labute approximate surface area is 208 Å². The second kappa shape index (κ2) is 9.46. The number of benzene rings is 1. The van der Waals surface area contributed by atoms with Gasteiger partial charge in [0.1, 0.15) is 11.0 Å². The fraction of sp³-hybridized carbons (Fsp3) is 0.269. The van der Waals surface area contributed by atoms with Crippen molar-refractivity contribution in [3.05, 3.63) is 80.1 Å². The Morgan fingerprint density at radius 2 is 1.89 bits per heavy atom. The van der Waals surface area contributed by atoms with Crippen LogP contribution in [0.4, 0.5) is 5.69 Å². The molecule has 1 aromatic carbocycles. The number of fused-ring (bicyclic) bond motifs is 1. The number of hydrogen-bond donors (Lipinski definition) is 1. The molecular formula is C26H26ClN5O3. The molecule has 0 unspecified atom stereocenters. The number of nitrogens with zero attached hydrogens (tertiary/aromatic N) is 4. The van der Waals surface area contributed by atoms with Crippen LogP contribution < -0.4 is 10.9 Å². The number of aromatic nitrogens is 4. The minimum absolute atomic E-state index is 0.0784. The molecular weight excluding hydrogens is 466 g/mol. The van der Waals surface area contributed by atoms with Gasteiger partial charge in [0.15, 0.2) is 5.69 Å². The fourth-order valence-electron chi connectivity index (χ4n) is 4.17. The number of methoxy groups -OCH3 is 1. The third-order valence-corrected chi connectivity index (χ3v) is 6.13. The minimum Gasteiger partial charge on any atom is -0.464 e. The number of anilines is 1. The van der Waals surface area contributed by atoms with Crippen molar-refractivity contribution in [3.8, 4) is 11.4 Å². The quantitative estimate of drug-likeness (QED) is 0.312. The van der Waals surface area contributed by atoms with Crippen LogP contribution in [-0.4, -0.2) is 32.6 Å². The van der Waals surface area contributed by atoms with Crippen LogP contribution in [0.2, 0.25) is 5.15 Å². The Morgan fingerprint density at radius 3 is 2.57 bits per heavy atom. The first-order chi connectivity index (χ1) is 16.6. The minimum atomic E-state index is -0.604. The molecule has 3 aromatic heterocycles. The predicted molar refractivity (Wildman–Crippen MR) is 137 cm³/mol. The molecule has 0 aliphatic heterocycles. The molecule has 0 aliphatic carbocycles. The van der Waals surface area contributed by atoms with Crippen LogP contribution in [0.5, 0.6) is 0 Å². The Morgan fingerprint density at radius 1 is 1.14 bits per heavy atom. The third-order valence-electron chi connectivity index (χ3n) is 5.92. The van der Waals surface area contributed by atoms with Gasteiger partial charge in [0.05, 0.1) is 29.7 Å². The van der Waals surface area contributed by atoms with E-state index < -0.39 is 5.97 Å². The first-order valence-corrected chi connectivity index (χ1v) is 11.4. The van der Waals surface area contributed by atoms with Crippen molar-refractivity contribution in [1.29, 1.82) is 0 Å². The third kappa shape index (κ3) is 4.61. The molecule has 0 amide bonds. The van der Waals surface area contributed by atoms with Crippen molar-refractivity contribution in [2.24, 2.45) is 7.05 Å². The van der Waals surface area contributed by atoms with Gasteiger partial charge in [-0.05, 0) is 63.1 Å². The van der Waals surface area contributed by atoms with Crippen molar-refractivity contribution in [2.45, 2.75) is 33.7 Å². The lowest BCUT2D eigenvalue weighted by atomic mass is 10.0. The Hall–Kier alpha value is -3.78. The van der Waals surface area contributed by atoms with E-state index in [1.807, 2.05) is 45.9 Å².